The second kappa shape index (κ2) is 7.46. The molecule has 0 fully saturated rings. The number of rotatable bonds is 5. The van der Waals surface area contributed by atoms with Gasteiger partial charge in [0.25, 0.3) is 0 Å². The van der Waals surface area contributed by atoms with Crippen molar-refractivity contribution in [3.63, 3.8) is 0 Å². The van der Waals surface area contributed by atoms with Crippen molar-refractivity contribution in [2.24, 2.45) is 0 Å². The molecule has 1 aliphatic rings. The SMILES string of the molecule is Cc1ccc(CNC(=O)C2CCCn3c2nn(Cc2cccc(F)c2)c3=O)o1. The van der Waals surface area contributed by atoms with Crippen molar-refractivity contribution in [1.82, 2.24) is 19.7 Å². The summed E-state index contributed by atoms with van der Waals surface area (Å²) in [6.45, 7) is 2.82. The van der Waals surface area contributed by atoms with Crippen LogP contribution in [0.4, 0.5) is 4.39 Å². The molecule has 2 aromatic heterocycles. The van der Waals surface area contributed by atoms with Crippen LogP contribution in [-0.2, 0) is 24.4 Å². The van der Waals surface area contributed by atoms with Crippen molar-refractivity contribution >= 4 is 5.91 Å². The monoisotopic (exact) mass is 384 g/mol. The number of hydrogen-bond acceptors (Lipinski definition) is 4. The first kappa shape index (κ1) is 18.2. The van der Waals surface area contributed by atoms with E-state index >= 15 is 0 Å². The number of benzene rings is 1. The summed E-state index contributed by atoms with van der Waals surface area (Å²) in [4.78, 5) is 25.4. The molecule has 7 nitrogen and oxygen atoms in total. The molecule has 0 aliphatic carbocycles. The van der Waals surface area contributed by atoms with E-state index in [0.717, 1.165) is 12.2 Å². The maximum Gasteiger partial charge on any atom is 0.346 e. The number of aryl methyl sites for hydroxylation is 1. The Hall–Kier alpha value is -3.16. The summed E-state index contributed by atoms with van der Waals surface area (Å²) in [5.41, 5.74) is 0.366. The summed E-state index contributed by atoms with van der Waals surface area (Å²) < 4.78 is 21.7. The zero-order chi connectivity index (χ0) is 19.7. The van der Waals surface area contributed by atoms with E-state index in [9.17, 15) is 14.0 Å². The van der Waals surface area contributed by atoms with Gasteiger partial charge in [0.05, 0.1) is 19.0 Å². The van der Waals surface area contributed by atoms with Gasteiger partial charge in [0, 0.05) is 6.54 Å². The Morgan fingerprint density at radius 2 is 2.21 bits per heavy atom. The number of aromatic nitrogens is 3. The topological polar surface area (TPSA) is 82.1 Å². The number of nitrogens with zero attached hydrogens (tertiary/aromatic N) is 3. The molecule has 1 amide bonds. The predicted octanol–water partition coefficient (Wildman–Crippen LogP) is 2.33. The lowest BCUT2D eigenvalue weighted by Gasteiger charge is -2.20. The number of fused-ring (bicyclic) bond motifs is 1. The highest BCUT2D eigenvalue weighted by atomic mass is 19.1. The standard InChI is InChI=1S/C20H21FN4O3/c1-13-7-8-16(28-13)11-22-19(26)17-6-3-9-24-18(17)23-25(20(24)27)12-14-4-2-5-15(21)10-14/h2,4-5,7-8,10,17H,3,6,9,11-12H2,1H3,(H,22,26). The van der Waals surface area contributed by atoms with Crippen molar-refractivity contribution in [1.29, 1.82) is 0 Å². The first-order valence-electron chi connectivity index (χ1n) is 9.26. The molecule has 146 valence electrons. The largest absolute Gasteiger partial charge is 0.465 e. The maximum absolute atomic E-state index is 13.4. The molecule has 4 rings (SSSR count). The van der Waals surface area contributed by atoms with Gasteiger partial charge in [-0.2, -0.15) is 5.10 Å². The van der Waals surface area contributed by atoms with E-state index in [4.69, 9.17) is 4.42 Å². The third-order valence-corrected chi connectivity index (χ3v) is 4.91. The van der Waals surface area contributed by atoms with E-state index in [1.54, 1.807) is 16.7 Å². The second-order valence-electron chi connectivity index (χ2n) is 7.00. The average Bonchev–Trinajstić information content (AvgIpc) is 3.23. The van der Waals surface area contributed by atoms with Crippen LogP contribution in [-0.4, -0.2) is 20.3 Å². The summed E-state index contributed by atoms with van der Waals surface area (Å²) in [7, 11) is 0. The second-order valence-corrected chi connectivity index (χ2v) is 7.00. The first-order chi connectivity index (χ1) is 13.5. The third kappa shape index (κ3) is 3.62. The summed E-state index contributed by atoms with van der Waals surface area (Å²) in [5.74, 6) is 0.882. The van der Waals surface area contributed by atoms with Gasteiger partial charge >= 0.3 is 5.69 Å². The van der Waals surface area contributed by atoms with Gasteiger partial charge in [-0.3, -0.25) is 9.36 Å². The fraction of sp³-hybridized carbons (Fsp3) is 0.350. The van der Waals surface area contributed by atoms with E-state index in [1.165, 1.54) is 16.8 Å². The molecule has 1 aliphatic heterocycles. The van der Waals surface area contributed by atoms with Crippen LogP contribution in [0, 0.1) is 12.7 Å². The fourth-order valence-electron chi connectivity index (χ4n) is 3.55. The zero-order valence-corrected chi connectivity index (χ0v) is 15.5. The molecule has 0 saturated carbocycles. The Labute approximate surface area is 160 Å². The molecule has 28 heavy (non-hydrogen) atoms. The van der Waals surface area contributed by atoms with Gasteiger partial charge in [0.1, 0.15) is 23.2 Å². The summed E-state index contributed by atoms with van der Waals surface area (Å²) in [5, 5.41) is 7.26. The van der Waals surface area contributed by atoms with Gasteiger partial charge in [0.15, 0.2) is 0 Å². The van der Waals surface area contributed by atoms with E-state index in [0.29, 0.717) is 30.1 Å². The zero-order valence-electron chi connectivity index (χ0n) is 15.5. The quantitative estimate of drug-likeness (QED) is 0.732. The van der Waals surface area contributed by atoms with Crippen LogP contribution >= 0.6 is 0 Å². The Kier molecular flexibility index (Phi) is 4.85. The van der Waals surface area contributed by atoms with Gasteiger partial charge in [-0.1, -0.05) is 12.1 Å². The lowest BCUT2D eigenvalue weighted by molar-refractivity contribution is -0.123. The summed E-state index contributed by atoms with van der Waals surface area (Å²) in [6.07, 6.45) is 1.34. The molecule has 3 aromatic rings. The molecule has 1 aromatic carbocycles. The molecule has 0 radical (unpaired) electrons. The van der Waals surface area contributed by atoms with Crippen molar-refractivity contribution in [2.75, 3.05) is 0 Å². The summed E-state index contributed by atoms with van der Waals surface area (Å²) in [6, 6.07) is 9.72. The molecule has 3 heterocycles. The number of hydrogen-bond donors (Lipinski definition) is 1. The highest BCUT2D eigenvalue weighted by Crippen LogP contribution is 2.25. The lowest BCUT2D eigenvalue weighted by atomic mass is 9.98. The summed E-state index contributed by atoms with van der Waals surface area (Å²) >= 11 is 0. The first-order valence-corrected chi connectivity index (χ1v) is 9.26. The van der Waals surface area contributed by atoms with Gasteiger partial charge in [0.2, 0.25) is 5.91 Å². The highest BCUT2D eigenvalue weighted by molar-refractivity contribution is 5.82. The minimum absolute atomic E-state index is 0.163. The van der Waals surface area contributed by atoms with Crippen LogP contribution in [0.2, 0.25) is 0 Å². The van der Waals surface area contributed by atoms with Crippen LogP contribution in [0.3, 0.4) is 0 Å². The minimum Gasteiger partial charge on any atom is -0.465 e. The van der Waals surface area contributed by atoms with Gasteiger partial charge in [-0.25, -0.2) is 13.9 Å². The van der Waals surface area contributed by atoms with Crippen molar-refractivity contribution < 1.29 is 13.6 Å². The molecule has 0 saturated heterocycles. The Morgan fingerprint density at radius 1 is 1.36 bits per heavy atom. The molecule has 1 unspecified atom stereocenters. The van der Waals surface area contributed by atoms with E-state index in [1.807, 2.05) is 19.1 Å². The number of furan rings is 1. The Balaban J connectivity index is 1.53. The van der Waals surface area contributed by atoms with Crippen molar-refractivity contribution in [3.05, 3.63) is 75.6 Å². The number of halogens is 1. The van der Waals surface area contributed by atoms with E-state index in [-0.39, 0.29) is 30.5 Å². The third-order valence-electron chi connectivity index (χ3n) is 4.91. The minimum atomic E-state index is -0.494. The van der Waals surface area contributed by atoms with Gasteiger partial charge in [-0.05, 0) is 49.6 Å². The Morgan fingerprint density at radius 3 is 2.96 bits per heavy atom. The fourth-order valence-corrected chi connectivity index (χ4v) is 3.55. The van der Waals surface area contributed by atoms with Crippen LogP contribution in [0.5, 0.6) is 0 Å². The molecule has 1 N–H and O–H groups in total. The molecule has 0 bridgehead atoms. The van der Waals surface area contributed by atoms with Crippen LogP contribution in [0.25, 0.3) is 0 Å². The molecular formula is C20H21FN4O3. The van der Waals surface area contributed by atoms with Crippen LogP contribution in [0.15, 0.2) is 45.6 Å². The van der Waals surface area contributed by atoms with Crippen LogP contribution in [0.1, 0.15) is 41.7 Å². The van der Waals surface area contributed by atoms with Crippen molar-refractivity contribution in [2.45, 2.75) is 45.3 Å². The highest BCUT2D eigenvalue weighted by Gasteiger charge is 2.31. The van der Waals surface area contributed by atoms with Gasteiger partial charge < -0.3 is 9.73 Å². The molecular weight excluding hydrogens is 363 g/mol. The number of amides is 1. The molecule has 0 spiro atoms. The van der Waals surface area contributed by atoms with Crippen molar-refractivity contribution in [3.8, 4) is 0 Å². The number of carbonyl (C=O) groups is 1. The lowest BCUT2D eigenvalue weighted by Crippen LogP contribution is -2.35. The molecule has 1 atom stereocenters. The van der Waals surface area contributed by atoms with E-state index in [2.05, 4.69) is 10.4 Å². The van der Waals surface area contributed by atoms with Gasteiger partial charge in [-0.15, -0.1) is 0 Å². The normalized spacial score (nSPS) is 16.0. The molecule has 8 heteroatoms. The number of carbonyl (C=O) groups excluding carboxylic acids is 1. The maximum atomic E-state index is 13.4. The Bertz CT molecular complexity index is 1070. The van der Waals surface area contributed by atoms with E-state index < -0.39 is 5.92 Å². The predicted molar refractivity (Wildman–Crippen MR) is 99.3 cm³/mol. The average molecular weight is 384 g/mol. The smallest absolute Gasteiger partial charge is 0.346 e. The van der Waals surface area contributed by atoms with Crippen LogP contribution < -0.4 is 11.0 Å². The number of nitrogens with one attached hydrogen (secondary N) is 1.